The molecule has 34 heavy (non-hydrogen) atoms. The Morgan fingerprint density at radius 2 is 1.91 bits per heavy atom. The van der Waals surface area contributed by atoms with E-state index in [-0.39, 0.29) is 11.8 Å². The second-order valence-electron chi connectivity index (χ2n) is 8.61. The van der Waals surface area contributed by atoms with Gasteiger partial charge in [-0.3, -0.25) is 14.5 Å². The number of ether oxygens (including phenoxy) is 1. The number of hydrogen-bond acceptors (Lipinski definition) is 7. The van der Waals surface area contributed by atoms with Crippen LogP contribution in [-0.4, -0.2) is 77.4 Å². The monoisotopic (exact) mass is 480 g/mol. The van der Waals surface area contributed by atoms with Crippen LogP contribution in [0.2, 0.25) is 0 Å². The lowest BCUT2D eigenvalue weighted by atomic mass is 10.1. The lowest BCUT2D eigenvalue weighted by Gasteiger charge is -2.37. The first kappa shape index (κ1) is 22.6. The van der Waals surface area contributed by atoms with Gasteiger partial charge in [-0.1, -0.05) is 0 Å². The van der Waals surface area contributed by atoms with Crippen LogP contribution in [0.1, 0.15) is 29.1 Å². The van der Waals surface area contributed by atoms with Gasteiger partial charge in [0.1, 0.15) is 16.8 Å². The fraction of sp³-hybridized carbons (Fsp3) is 0.400. The Kier molecular flexibility index (Phi) is 6.64. The van der Waals surface area contributed by atoms with E-state index in [0.29, 0.717) is 31.8 Å². The van der Waals surface area contributed by atoms with Crippen molar-refractivity contribution in [3.63, 3.8) is 0 Å². The van der Waals surface area contributed by atoms with Crippen LogP contribution < -0.4 is 4.74 Å². The summed E-state index contributed by atoms with van der Waals surface area (Å²) in [5.41, 5.74) is 2.12. The minimum absolute atomic E-state index is 0.0486. The fourth-order valence-corrected chi connectivity index (χ4v) is 5.44. The number of amides is 2. The maximum Gasteiger partial charge on any atom is 0.290 e. The Hall–Kier alpha value is -3.17. The van der Waals surface area contributed by atoms with Gasteiger partial charge >= 0.3 is 0 Å². The predicted octanol–water partition coefficient (Wildman–Crippen LogP) is 3.36. The number of aromatic nitrogens is 1. The first-order valence-corrected chi connectivity index (χ1v) is 12.4. The van der Waals surface area contributed by atoms with Gasteiger partial charge < -0.3 is 19.0 Å². The van der Waals surface area contributed by atoms with E-state index in [2.05, 4.69) is 10.3 Å². The van der Waals surface area contributed by atoms with E-state index in [4.69, 9.17) is 14.1 Å². The van der Waals surface area contributed by atoms with Crippen molar-refractivity contribution in [2.45, 2.75) is 25.4 Å². The number of methoxy groups -OCH3 is 1. The number of likely N-dealkylation sites (tertiary alicyclic amines) is 1. The molecule has 178 valence electrons. The van der Waals surface area contributed by atoms with Crippen molar-refractivity contribution in [3.05, 3.63) is 59.5 Å². The maximum absolute atomic E-state index is 13.2. The summed E-state index contributed by atoms with van der Waals surface area (Å²) in [5, 5.41) is 3.10. The highest BCUT2D eigenvalue weighted by molar-refractivity contribution is 7.13. The van der Waals surface area contributed by atoms with Crippen molar-refractivity contribution in [2.75, 3.05) is 39.8 Å². The zero-order chi connectivity index (χ0) is 23.5. The molecule has 0 radical (unpaired) electrons. The summed E-state index contributed by atoms with van der Waals surface area (Å²) in [4.78, 5) is 36.7. The average molecular weight is 481 g/mol. The van der Waals surface area contributed by atoms with E-state index >= 15 is 0 Å². The van der Waals surface area contributed by atoms with Gasteiger partial charge in [0.25, 0.3) is 5.91 Å². The third kappa shape index (κ3) is 4.71. The highest BCUT2D eigenvalue weighted by Crippen LogP contribution is 2.27. The summed E-state index contributed by atoms with van der Waals surface area (Å²) < 4.78 is 10.5. The quantitative estimate of drug-likeness (QED) is 0.538. The largest absolute Gasteiger partial charge is 0.497 e. The molecule has 5 rings (SSSR count). The van der Waals surface area contributed by atoms with Crippen LogP contribution in [-0.2, 0) is 11.3 Å². The molecular weight excluding hydrogens is 452 g/mol. The molecule has 0 bridgehead atoms. The molecule has 2 aliphatic heterocycles. The third-order valence-corrected chi connectivity index (χ3v) is 7.43. The number of carbonyl (C=O) groups is 2. The second-order valence-corrected chi connectivity index (χ2v) is 9.47. The topological polar surface area (TPSA) is 79.1 Å². The number of benzene rings is 1. The van der Waals surface area contributed by atoms with Gasteiger partial charge in [0, 0.05) is 50.2 Å². The molecule has 1 atom stereocenters. The standard InChI is InChI=1S/C25H28N4O4S/c1-32-20-8-6-18(7-9-20)23-26-19(17-34-23)16-27-11-13-28(14-12-27)24(30)21-4-2-10-29(21)25(31)22-5-3-15-33-22/h3,5-9,15,17,21H,2,4,10-14,16H2,1H3. The molecule has 9 heteroatoms. The van der Waals surface area contributed by atoms with Gasteiger partial charge in [0.15, 0.2) is 5.76 Å². The number of thiazole rings is 1. The molecule has 2 amide bonds. The summed E-state index contributed by atoms with van der Waals surface area (Å²) in [5.74, 6) is 0.976. The number of rotatable bonds is 6. The van der Waals surface area contributed by atoms with E-state index in [0.717, 1.165) is 48.1 Å². The zero-order valence-corrected chi connectivity index (χ0v) is 20.0. The Morgan fingerprint density at radius 3 is 2.62 bits per heavy atom. The summed E-state index contributed by atoms with van der Waals surface area (Å²) >= 11 is 1.64. The maximum atomic E-state index is 13.2. The van der Waals surface area contributed by atoms with Crippen LogP contribution in [0.3, 0.4) is 0 Å². The smallest absolute Gasteiger partial charge is 0.290 e. The molecule has 8 nitrogen and oxygen atoms in total. The molecule has 3 aromatic rings. The van der Waals surface area contributed by atoms with Crippen molar-refractivity contribution in [1.29, 1.82) is 0 Å². The van der Waals surface area contributed by atoms with Crippen molar-refractivity contribution in [2.24, 2.45) is 0 Å². The Morgan fingerprint density at radius 1 is 1.12 bits per heavy atom. The number of piperazine rings is 1. The number of furan rings is 1. The molecule has 0 spiro atoms. The second kappa shape index (κ2) is 9.99. The first-order valence-electron chi connectivity index (χ1n) is 11.6. The summed E-state index contributed by atoms with van der Waals surface area (Å²) in [6.45, 7) is 4.26. The Balaban J connectivity index is 1.15. The molecule has 0 saturated carbocycles. The van der Waals surface area contributed by atoms with Gasteiger partial charge in [0.05, 0.1) is 19.1 Å². The summed E-state index contributed by atoms with van der Waals surface area (Å²) in [6, 6.07) is 10.9. The van der Waals surface area contributed by atoms with E-state index in [1.807, 2.05) is 29.2 Å². The molecule has 0 aliphatic carbocycles. The lowest BCUT2D eigenvalue weighted by Crippen LogP contribution is -2.54. The van der Waals surface area contributed by atoms with Gasteiger partial charge in [-0.2, -0.15) is 0 Å². The van der Waals surface area contributed by atoms with Crippen LogP contribution in [0.25, 0.3) is 10.6 Å². The molecule has 0 N–H and O–H groups in total. The fourth-order valence-electron chi connectivity index (χ4n) is 4.62. The summed E-state index contributed by atoms with van der Waals surface area (Å²) in [6.07, 6.45) is 3.03. The van der Waals surface area contributed by atoms with E-state index < -0.39 is 6.04 Å². The van der Waals surface area contributed by atoms with Crippen LogP contribution in [0.4, 0.5) is 0 Å². The van der Waals surface area contributed by atoms with Gasteiger partial charge in [-0.25, -0.2) is 4.98 Å². The highest BCUT2D eigenvalue weighted by atomic mass is 32.1. The molecule has 2 saturated heterocycles. The zero-order valence-electron chi connectivity index (χ0n) is 19.2. The number of hydrogen-bond donors (Lipinski definition) is 0. The number of nitrogens with zero attached hydrogens (tertiary/aromatic N) is 4. The number of carbonyl (C=O) groups excluding carboxylic acids is 2. The molecule has 1 aromatic carbocycles. The van der Waals surface area contributed by atoms with Crippen molar-refractivity contribution in [1.82, 2.24) is 19.7 Å². The molecule has 4 heterocycles. The molecule has 2 aliphatic rings. The predicted molar refractivity (Wildman–Crippen MR) is 129 cm³/mol. The van der Waals surface area contributed by atoms with Crippen LogP contribution in [0.5, 0.6) is 5.75 Å². The Labute approximate surface area is 202 Å². The molecule has 2 aromatic heterocycles. The van der Waals surface area contributed by atoms with E-state index in [9.17, 15) is 9.59 Å². The minimum atomic E-state index is -0.394. The van der Waals surface area contributed by atoms with Crippen LogP contribution >= 0.6 is 11.3 Å². The van der Waals surface area contributed by atoms with Crippen LogP contribution in [0.15, 0.2) is 52.5 Å². The van der Waals surface area contributed by atoms with Crippen molar-refractivity contribution >= 4 is 23.2 Å². The highest BCUT2D eigenvalue weighted by Gasteiger charge is 2.38. The van der Waals surface area contributed by atoms with Crippen LogP contribution in [0, 0.1) is 0 Å². The molecule has 2 fully saturated rings. The van der Waals surface area contributed by atoms with E-state index in [1.165, 1.54) is 6.26 Å². The average Bonchev–Trinajstić information content (AvgIpc) is 3.66. The SMILES string of the molecule is COc1ccc(-c2nc(CN3CCN(C(=O)C4CCCN4C(=O)c4ccco4)CC3)cs2)cc1. The van der Waals surface area contributed by atoms with Crippen molar-refractivity contribution < 1.29 is 18.7 Å². The normalized spacial score (nSPS) is 18.9. The molecule has 1 unspecified atom stereocenters. The Bertz CT molecular complexity index is 1120. The third-order valence-electron chi connectivity index (χ3n) is 6.49. The minimum Gasteiger partial charge on any atom is -0.497 e. The van der Waals surface area contributed by atoms with Gasteiger partial charge in [-0.15, -0.1) is 11.3 Å². The lowest BCUT2D eigenvalue weighted by molar-refractivity contribution is -0.137. The molecular formula is C25H28N4O4S. The van der Waals surface area contributed by atoms with Gasteiger partial charge in [-0.05, 0) is 49.2 Å². The summed E-state index contributed by atoms with van der Waals surface area (Å²) in [7, 11) is 1.66. The van der Waals surface area contributed by atoms with Crippen molar-refractivity contribution in [3.8, 4) is 16.3 Å². The van der Waals surface area contributed by atoms with E-state index in [1.54, 1.807) is 35.5 Å². The first-order chi connectivity index (χ1) is 16.6. The van der Waals surface area contributed by atoms with Gasteiger partial charge in [0.2, 0.25) is 5.91 Å².